The minimum Gasteiger partial charge on any atom is -0.334 e. The summed E-state index contributed by atoms with van der Waals surface area (Å²) >= 11 is 5.77. The van der Waals surface area contributed by atoms with Gasteiger partial charge in [0.25, 0.3) is 5.91 Å². The molecule has 0 radical (unpaired) electrons. The summed E-state index contributed by atoms with van der Waals surface area (Å²) in [6, 6.07) is 2.01. The SMILES string of the molecule is O=C(c1ccn[nH]1)N1CCCCC1CCCl. The van der Waals surface area contributed by atoms with Gasteiger partial charge in [0.15, 0.2) is 0 Å². The first-order valence-electron chi connectivity index (χ1n) is 5.69. The summed E-state index contributed by atoms with van der Waals surface area (Å²) < 4.78 is 0. The number of aromatic nitrogens is 2. The third-order valence-electron chi connectivity index (χ3n) is 3.06. The van der Waals surface area contributed by atoms with Gasteiger partial charge in [0.05, 0.1) is 0 Å². The van der Waals surface area contributed by atoms with Crippen molar-refractivity contribution in [2.24, 2.45) is 0 Å². The van der Waals surface area contributed by atoms with Gasteiger partial charge in [-0.2, -0.15) is 5.10 Å². The van der Waals surface area contributed by atoms with Crippen LogP contribution < -0.4 is 0 Å². The average molecular weight is 242 g/mol. The number of piperidine rings is 1. The number of amides is 1. The van der Waals surface area contributed by atoms with Crippen LogP contribution in [-0.4, -0.2) is 39.5 Å². The minimum absolute atomic E-state index is 0.0484. The van der Waals surface area contributed by atoms with Crippen molar-refractivity contribution in [1.82, 2.24) is 15.1 Å². The van der Waals surface area contributed by atoms with Crippen LogP contribution in [0.15, 0.2) is 12.3 Å². The van der Waals surface area contributed by atoms with Crippen LogP contribution in [0.25, 0.3) is 0 Å². The van der Waals surface area contributed by atoms with E-state index in [1.165, 1.54) is 6.42 Å². The fourth-order valence-electron chi connectivity index (χ4n) is 2.22. The standard InChI is InChI=1S/C11H16ClN3O/c12-6-4-9-3-1-2-8-15(9)11(16)10-5-7-13-14-10/h5,7,9H,1-4,6,8H2,(H,13,14). The van der Waals surface area contributed by atoms with Crippen LogP contribution in [0.4, 0.5) is 0 Å². The van der Waals surface area contributed by atoms with Gasteiger partial charge >= 0.3 is 0 Å². The van der Waals surface area contributed by atoms with Crippen LogP contribution in [0.3, 0.4) is 0 Å². The highest BCUT2D eigenvalue weighted by molar-refractivity contribution is 6.17. The fraction of sp³-hybridized carbons (Fsp3) is 0.636. The van der Waals surface area contributed by atoms with Crippen LogP contribution in [0.2, 0.25) is 0 Å². The van der Waals surface area contributed by atoms with Gasteiger partial charge in [-0.25, -0.2) is 0 Å². The summed E-state index contributed by atoms with van der Waals surface area (Å²) in [4.78, 5) is 14.1. The summed E-state index contributed by atoms with van der Waals surface area (Å²) in [5.41, 5.74) is 0.571. The number of carbonyl (C=O) groups excluding carboxylic acids is 1. The third-order valence-corrected chi connectivity index (χ3v) is 3.28. The largest absolute Gasteiger partial charge is 0.334 e. The molecule has 1 aliphatic rings. The Morgan fingerprint density at radius 3 is 3.19 bits per heavy atom. The average Bonchev–Trinajstić information content (AvgIpc) is 2.83. The number of likely N-dealkylation sites (tertiary alicyclic amines) is 1. The molecule has 0 bridgehead atoms. The Kier molecular flexibility index (Phi) is 3.83. The van der Waals surface area contributed by atoms with Gasteiger partial charge in [0.1, 0.15) is 5.69 Å². The normalized spacial score (nSPS) is 21.1. The number of nitrogens with zero attached hydrogens (tertiary/aromatic N) is 2. The Morgan fingerprint density at radius 2 is 2.50 bits per heavy atom. The Labute approximate surface area is 100.0 Å². The maximum Gasteiger partial charge on any atom is 0.272 e. The predicted molar refractivity (Wildman–Crippen MR) is 62.6 cm³/mol. The van der Waals surface area contributed by atoms with Gasteiger partial charge in [0.2, 0.25) is 0 Å². The Balaban J connectivity index is 2.08. The molecule has 16 heavy (non-hydrogen) atoms. The van der Waals surface area contributed by atoms with E-state index in [4.69, 9.17) is 11.6 Å². The molecule has 1 aromatic rings. The molecule has 88 valence electrons. The van der Waals surface area contributed by atoms with Crippen LogP contribution in [0.1, 0.15) is 36.2 Å². The van der Waals surface area contributed by atoms with E-state index in [0.29, 0.717) is 17.6 Å². The fourth-order valence-corrected chi connectivity index (χ4v) is 2.48. The van der Waals surface area contributed by atoms with Gasteiger partial charge in [0, 0.05) is 24.7 Å². The first kappa shape index (κ1) is 11.5. The van der Waals surface area contributed by atoms with Crippen molar-refractivity contribution in [3.8, 4) is 0 Å². The quantitative estimate of drug-likeness (QED) is 0.824. The van der Waals surface area contributed by atoms with Gasteiger partial charge < -0.3 is 4.90 Å². The van der Waals surface area contributed by atoms with E-state index in [1.807, 2.05) is 4.90 Å². The summed E-state index contributed by atoms with van der Waals surface area (Å²) in [5, 5.41) is 6.53. The van der Waals surface area contributed by atoms with Crippen LogP contribution >= 0.6 is 11.6 Å². The van der Waals surface area contributed by atoms with E-state index in [9.17, 15) is 4.79 Å². The molecule has 4 nitrogen and oxygen atoms in total. The number of rotatable bonds is 3. The topological polar surface area (TPSA) is 49.0 Å². The van der Waals surface area contributed by atoms with Gasteiger partial charge in [-0.1, -0.05) is 0 Å². The van der Waals surface area contributed by atoms with Gasteiger partial charge in [-0.3, -0.25) is 9.89 Å². The highest BCUT2D eigenvalue weighted by atomic mass is 35.5. The lowest BCUT2D eigenvalue weighted by atomic mass is 9.99. The highest BCUT2D eigenvalue weighted by Gasteiger charge is 2.27. The number of hydrogen-bond donors (Lipinski definition) is 1. The molecule has 1 N–H and O–H groups in total. The van der Waals surface area contributed by atoms with Gasteiger partial charge in [-0.15, -0.1) is 11.6 Å². The van der Waals surface area contributed by atoms with E-state index in [1.54, 1.807) is 12.3 Å². The molecule has 5 heteroatoms. The van der Waals surface area contributed by atoms with Crippen molar-refractivity contribution < 1.29 is 4.79 Å². The Morgan fingerprint density at radius 1 is 1.62 bits per heavy atom. The summed E-state index contributed by atoms with van der Waals surface area (Å²) in [6.45, 7) is 0.833. The zero-order valence-corrected chi connectivity index (χ0v) is 9.91. The lowest BCUT2D eigenvalue weighted by Gasteiger charge is -2.35. The Hall–Kier alpha value is -1.03. The molecule has 1 unspecified atom stereocenters. The summed E-state index contributed by atoms with van der Waals surface area (Å²) in [5.74, 6) is 0.657. The van der Waals surface area contributed by atoms with Crippen molar-refractivity contribution in [2.45, 2.75) is 31.7 Å². The molecule has 1 saturated heterocycles. The molecule has 1 fully saturated rings. The molecule has 2 rings (SSSR count). The zero-order valence-electron chi connectivity index (χ0n) is 9.16. The molecule has 1 aliphatic heterocycles. The van der Waals surface area contributed by atoms with Crippen molar-refractivity contribution in [1.29, 1.82) is 0 Å². The lowest BCUT2D eigenvalue weighted by molar-refractivity contribution is 0.0603. The van der Waals surface area contributed by atoms with E-state index >= 15 is 0 Å². The van der Waals surface area contributed by atoms with E-state index in [0.717, 1.165) is 25.8 Å². The van der Waals surface area contributed by atoms with Crippen molar-refractivity contribution >= 4 is 17.5 Å². The summed E-state index contributed by atoms with van der Waals surface area (Å²) in [7, 11) is 0. The molecule has 1 atom stereocenters. The molecule has 1 aromatic heterocycles. The molecule has 2 heterocycles. The van der Waals surface area contributed by atoms with Crippen molar-refractivity contribution in [3.05, 3.63) is 18.0 Å². The zero-order chi connectivity index (χ0) is 11.4. The van der Waals surface area contributed by atoms with Gasteiger partial charge in [-0.05, 0) is 31.7 Å². The maximum atomic E-state index is 12.2. The second-order valence-electron chi connectivity index (χ2n) is 4.10. The first-order chi connectivity index (χ1) is 7.83. The van der Waals surface area contributed by atoms with E-state index in [-0.39, 0.29) is 5.91 Å². The smallest absolute Gasteiger partial charge is 0.272 e. The van der Waals surface area contributed by atoms with Crippen LogP contribution in [-0.2, 0) is 0 Å². The summed E-state index contributed by atoms with van der Waals surface area (Å²) in [6.07, 6.45) is 5.81. The predicted octanol–water partition coefficient (Wildman–Crippen LogP) is 2.03. The number of aromatic amines is 1. The number of alkyl halides is 1. The van der Waals surface area contributed by atoms with Crippen molar-refractivity contribution in [2.75, 3.05) is 12.4 Å². The molecule has 0 aliphatic carbocycles. The second kappa shape index (κ2) is 5.34. The monoisotopic (exact) mass is 241 g/mol. The number of nitrogens with one attached hydrogen (secondary N) is 1. The molecular weight excluding hydrogens is 226 g/mol. The number of hydrogen-bond acceptors (Lipinski definition) is 2. The Bertz CT molecular complexity index is 337. The third kappa shape index (κ3) is 2.38. The van der Waals surface area contributed by atoms with E-state index in [2.05, 4.69) is 10.2 Å². The molecule has 1 amide bonds. The number of halogens is 1. The molecule has 0 saturated carbocycles. The maximum absolute atomic E-state index is 12.2. The van der Waals surface area contributed by atoms with E-state index < -0.39 is 0 Å². The minimum atomic E-state index is 0.0484. The van der Waals surface area contributed by atoms with Crippen LogP contribution in [0, 0.1) is 0 Å². The molecule has 0 spiro atoms. The second-order valence-corrected chi connectivity index (χ2v) is 4.47. The number of carbonyl (C=O) groups is 1. The molecular formula is C11H16ClN3O. The lowest BCUT2D eigenvalue weighted by Crippen LogP contribution is -2.44. The first-order valence-corrected chi connectivity index (χ1v) is 6.22. The highest BCUT2D eigenvalue weighted by Crippen LogP contribution is 2.21. The van der Waals surface area contributed by atoms with Crippen molar-refractivity contribution in [3.63, 3.8) is 0 Å². The van der Waals surface area contributed by atoms with Crippen LogP contribution in [0.5, 0.6) is 0 Å². The molecule has 0 aromatic carbocycles. The number of H-pyrrole nitrogens is 1.